The van der Waals surface area contributed by atoms with Crippen LogP contribution in [0.1, 0.15) is 43.4 Å². The fraction of sp³-hybridized carbons (Fsp3) is 0.583. The number of hydrogen-bond donors (Lipinski definition) is 0. The van der Waals surface area contributed by atoms with Crippen molar-refractivity contribution in [1.82, 2.24) is 14.4 Å². The summed E-state index contributed by atoms with van der Waals surface area (Å²) >= 11 is 6.69. The number of methoxy groups -OCH3 is 1. The molecule has 1 aromatic rings. The summed E-state index contributed by atoms with van der Waals surface area (Å²) in [5.41, 5.74) is 1.24. The van der Waals surface area contributed by atoms with Crippen molar-refractivity contribution >= 4 is 46.1 Å². The molecule has 0 aromatic carbocycles. The molecule has 34 heavy (non-hydrogen) atoms. The smallest absolute Gasteiger partial charge is 0.270 e. The predicted molar refractivity (Wildman–Crippen MR) is 141 cm³/mol. The maximum Gasteiger partial charge on any atom is 0.270 e. The minimum atomic E-state index is -0.258. The molecule has 0 radical (unpaired) electrons. The highest BCUT2D eigenvalue weighted by Gasteiger charge is 2.33. The minimum Gasteiger partial charge on any atom is -0.383 e. The fourth-order valence-electron chi connectivity index (χ4n) is 4.29. The largest absolute Gasteiger partial charge is 0.383 e. The first-order valence-electron chi connectivity index (χ1n) is 11.8. The second-order valence-electron chi connectivity index (χ2n) is 8.41. The van der Waals surface area contributed by atoms with Gasteiger partial charge in [-0.25, -0.2) is 0 Å². The molecule has 0 unspecified atom stereocenters. The molecule has 8 nitrogen and oxygen atoms in total. The van der Waals surface area contributed by atoms with Gasteiger partial charge in [-0.15, -0.1) is 0 Å². The van der Waals surface area contributed by atoms with Crippen molar-refractivity contribution in [1.29, 1.82) is 5.26 Å². The molecule has 2 fully saturated rings. The van der Waals surface area contributed by atoms with E-state index in [-0.39, 0.29) is 17.0 Å². The van der Waals surface area contributed by atoms with Gasteiger partial charge in [-0.1, -0.05) is 44.2 Å². The van der Waals surface area contributed by atoms with Crippen LogP contribution in [0, 0.1) is 18.3 Å². The van der Waals surface area contributed by atoms with Crippen LogP contribution < -0.4 is 10.5 Å². The van der Waals surface area contributed by atoms with Gasteiger partial charge in [-0.2, -0.15) is 5.26 Å². The lowest BCUT2D eigenvalue weighted by Crippen LogP contribution is -2.48. The molecule has 2 saturated heterocycles. The number of anilines is 1. The molecule has 0 bridgehead atoms. The highest BCUT2D eigenvalue weighted by atomic mass is 32.2. The second kappa shape index (κ2) is 12.0. The van der Waals surface area contributed by atoms with Crippen molar-refractivity contribution in [2.75, 3.05) is 57.9 Å². The molecule has 3 rings (SSSR count). The van der Waals surface area contributed by atoms with Gasteiger partial charge in [0.25, 0.3) is 11.5 Å². The number of piperazine rings is 1. The van der Waals surface area contributed by atoms with Crippen LogP contribution in [-0.4, -0.2) is 77.6 Å². The maximum atomic E-state index is 13.4. The molecule has 0 aliphatic carbocycles. The van der Waals surface area contributed by atoms with Crippen molar-refractivity contribution < 1.29 is 9.53 Å². The Morgan fingerprint density at radius 1 is 1.18 bits per heavy atom. The summed E-state index contributed by atoms with van der Waals surface area (Å²) < 4.78 is 7.35. The van der Waals surface area contributed by atoms with Crippen LogP contribution in [0.5, 0.6) is 0 Å². The van der Waals surface area contributed by atoms with Crippen LogP contribution in [0.15, 0.2) is 9.70 Å². The molecule has 2 aliphatic rings. The third kappa shape index (κ3) is 5.38. The Bertz CT molecular complexity index is 1070. The van der Waals surface area contributed by atoms with Crippen LogP contribution >= 0.6 is 24.0 Å². The van der Waals surface area contributed by atoms with E-state index >= 15 is 0 Å². The number of hydrogen-bond acceptors (Lipinski definition) is 8. The summed E-state index contributed by atoms with van der Waals surface area (Å²) in [6.45, 7) is 11.7. The first-order chi connectivity index (χ1) is 16.4. The number of thioether (sulfide) groups is 1. The second-order valence-corrected chi connectivity index (χ2v) is 10.1. The molecule has 0 saturated carbocycles. The summed E-state index contributed by atoms with van der Waals surface area (Å²) in [4.78, 5) is 33.1. The Balaban J connectivity index is 2.16. The third-order valence-corrected chi connectivity index (χ3v) is 7.75. The van der Waals surface area contributed by atoms with E-state index in [1.165, 1.54) is 11.8 Å². The van der Waals surface area contributed by atoms with E-state index in [1.807, 2.05) is 6.08 Å². The van der Waals surface area contributed by atoms with E-state index in [2.05, 4.69) is 29.7 Å². The Kier molecular flexibility index (Phi) is 9.31. The van der Waals surface area contributed by atoms with E-state index < -0.39 is 0 Å². The van der Waals surface area contributed by atoms with Crippen molar-refractivity contribution in [2.45, 2.75) is 40.2 Å². The molecule has 10 heteroatoms. The Labute approximate surface area is 211 Å². The summed E-state index contributed by atoms with van der Waals surface area (Å²) in [7, 11) is 1.59. The van der Waals surface area contributed by atoms with Crippen molar-refractivity contribution in [3.8, 4) is 6.07 Å². The number of carbonyl (C=O) groups excluding carboxylic acids is 1. The quantitative estimate of drug-likeness (QED) is 0.376. The van der Waals surface area contributed by atoms with Gasteiger partial charge in [0.15, 0.2) is 0 Å². The molecule has 0 N–H and O–H groups in total. The van der Waals surface area contributed by atoms with E-state index in [4.69, 9.17) is 17.0 Å². The number of pyridine rings is 1. The zero-order valence-electron chi connectivity index (χ0n) is 20.4. The van der Waals surface area contributed by atoms with Crippen LogP contribution in [0.4, 0.5) is 5.82 Å². The Hall–Kier alpha value is -2.19. The van der Waals surface area contributed by atoms with Crippen molar-refractivity contribution in [2.24, 2.45) is 0 Å². The number of ether oxygens (including phenoxy) is 1. The molecule has 3 heterocycles. The van der Waals surface area contributed by atoms with Crippen molar-refractivity contribution in [3.63, 3.8) is 0 Å². The van der Waals surface area contributed by atoms with E-state index in [0.717, 1.165) is 56.9 Å². The molecule has 1 aromatic heterocycles. The number of amides is 1. The third-order valence-electron chi connectivity index (χ3n) is 6.37. The highest BCUT2D eigenvalue weighted by Crippen LogP contribution is 2.36. The first kappa shape index (κ1) is 26.4. The van der Waals surface area contributed by atoms with Gasteiger partial charge in [0.05, 0.1) is 18.1 Å². The fourth-order valence-corrected chi connectivity index (χ4v) is 5.58. The molecule has 184 valence electrons. The minimum absolute atomic E-state index is 0.133. The Morgan fingerprint density at radius 3 is 2.47 bits per heavy atom. The lowest BCUT2D eigenvalue weighted by Gasteiger charge is -2.37. The zero-order valence-corrected chi connectivity index (χ0v) is 22.1. The summed E-state index contributed by atoms with van der Waals surface area (Å²) in [5, 5.41) is 9.82. The van der Waals surface area contributed by atoms with Crippen LogP contribution in [0.25, 0.3) is 6.08 Å². The van der Waals surface area contributed by atoms with Crippen LogP contribution in [0.3, 0.4) is 0 Å². The average molecular weight is 504 g/mol. The number of nitriles is 1. The number of unbranched alkanes of at least 4 members (excludes halogenated alkanes) is 1. The molecule has 0 spiro atoms. The predicted octanol–water partition coefficient (Wildman–Crippen LogP) is 2.82. The molecular weight excluding hydrogens is 470 g/mol. The maximum absolute atomic E-state index is 13.4. The van der Waals surface area contributed by atoms with Gasteiger partial charge in [-0.05, 0) is 31.5 Å². The van der Waals surface area contributed by atoms with Crippen LogP contribution in [0.2, 0.25) is 0 Å². The monoisotopic (exact) mass is 503 g/mol. The average Bonchev–Trinajstić information content (AvgIpc) is 3.11. The van der Waals surface area contributed by atoms with Gasteiger partial charge in [0.2, 0.25) is 0 Å². The van der Waals surface area contributed by atoms with Gasteiger partial charge >= 0.3 is 0 Å². The van der Waals surface area contributed by atoms with E-state index in [1.54, 1.807) is 23.5 Å². The number of aromatic nitrogens is 1. The lowest BCUT2D eigenvalue weighted by atomic mass is 10.0. The first-order valence-corrected chi connectivity index (χ1v) is 13.0. The normalized spacial score (nSPS) is 18.3. The van der Waals surface area contributed by atoms with Gasteiger partial charge in [0, 0.05) is 45.4 Å². The van der Waals surface area contributed by atoms with E-state index in [9.17, 15) is 14.9 Å². The SMILES string of the molecule is CCCCn1c(N2CCN(CC)CC2)c(/C=C2\SC(=S)N(CCOC)C2=O)c(C)c(C#N)c1=O. The standard InChI is InChI=1S/C24H33N5O3S2/c1-5-7-8-28-21(27-11-9-26(6-2)10-12-27)18(17(3)19(16-25)22(28)30)15-20-23(31)29(13-14-32-4)24(33)34-20/h15H,5-14H2,1-4H3/b20-15-. The zero-order chi connectivity index (χ0) is 24.8. The van der Waals surface area contributed by atoms with E-state index in [0.29, 0.717) is 34.5 Å². The van der Waals surface area contributed by atoms with Gasteiger partial charge < -0.3 is 14.5 Å². The number of thiocarbonyl (C=S) groups is 1. The topological polar surface area (TPSA) is 81.8 Å². The highest BCUT2D eigenvalue weighted by molar-refractivity contribution is 8.26. The molecule has 1 amide bonds. The number of nitrogens with zero attached hydrogens (tertiary/aromatic N) is 5. The number of likely N-dealkylation sites (N-methyl/N-ethyl adjacent to an activating group) is 1. The van der Waals surface area contributed by atoms with Crippen molar-refractivity contribution in [3.05, 3.63) is 31.9 Å². The lowest BCUT2D eigenvalue weighted by molar-refractivity contribution is -0.122. The molecule has 2 aliphatic heterocycles. The summed E-state index contributed by atoms with van der Waals surface area (Å²) in [6, 6.07) is 2.11. The van der Waals surface area contributed by atoms with Gasteiger partial charge in [0.1, 0.15) is 21.8 Å². The van der Waals surface area contributed by atoms with Gasteiger partial charge in [-0.3, -0.25) is 19.1 Å². The summed E-state index contributed by atoms with van der Waals surface area (Å²) in [6.07, 6.45) is 3.58. The van der Waals surface area contributed by atoms with Crippen LogP contribution in [-0.2, 0) is 16.1 Å². The molecule has 0 atom stereocenters. The summed E-state index contributed by atoms with van der Waals surface area (Å²) in [5.74, 6) is 0.630. The number of carbonyl (C=O) groups is 1. The number of rotatable bonds is 9. The molecular formula is C24H33N5O3S2. The Morgan fingerprint density at radius 2 is 1.88 bits per heavy atom.